The van der Waals surface area contributed by atoms with E-state index in [2.05, 4.69) is 10.6 Å². The van der Waals surface area contributed by atoms with Gasteiger partial charge in [0.2, 0.25) is 5.91 Å². The number of carbonyl (C=O) groups is 2. The van der Waals surface area contributed by atoms with Crippen LogP contribution in [0.4, 0.5) is 4.79 Å². The predicted octanol–water partition coefficient (Wildman–Crippen LogP) is 1.18. The highest BCUT2D eigenvalue weighted by molar-refractivity contribution is 5.86. The lowest BCUT2D eigenvalue weighted by atomic mass is 10.0. The van der Waals surface area contributed by atoms with Crippen LogP contribution in [0.15, 0.2) is 0 Å². The van der Waals surface area contributed by atoms with Crippen molar-refractivity contribution in [2.45, 2.75) is 58.2 Å². The molecule has 1 rings (SSSR count). The van der Waals surface area contributed by atoms with Crippen molar-refractivity contribution in [1.82, 2.24) is 10.6 Å². The minimum absolute atomic E-state index is 0.135. The van der Waals surface area contributed by atoms with Crippen molar-refractivity contribution < 1.29 is 14.3 Å². The second-order valence-corrected chi connectivity index (χ2v) is 5.19. The van der Waals surface area contributed by atoms with Crippen molar-refractivity contribution in [2.75, 3.05) is 0 Å². The van der Waals surface area contributed by atoms with Crippen LogP contribution in [0.2, 0.25) is 0 Å². The number of piperidine rings is 1. The number of ether oxygens (including phenoxy) is 1. The van der Waals surface area contributed by atoms with Crippen LogP contribution in [0.1, 0.15) is 40.5 Å². The van der Waals surface area contributed by atoms with Gasteiger partial charge in [0.15, 0.2) is 0 Å². The Bertz CT molecular complexity index is 283. The molecule has 5 heteroatoms. The fourth-order valence-corrected chi connectivity index (χ4v) is 1.55. The Morgan fingerprint density at radius 2 is 2.06 bits per heavy atom. The first-order valence-corrected chi connectivity index (χ1v) is 5.58. The number of hydrogen-bond acceptors (Lipinski definition) is 3. The van der Waals surface area contributed by atoms with Crippen molar-refractivity contribution >= 4 is 12.0 Å². The summed E-state index contributed by atoms with van der Waals surface area (Å²) < 4.78 is 5.09. The zero-order valence-electron chi connectivity index (χ0n) is 10.3. The van der Waals surface area contributed by atoms with Crippen LogP contribution in [-0.4, -0.2) is 29.7 Å². The summed E-state index contributed by atoms with van der Waals surface area (Å²) in [5.74, 6) is -0.135. The van der Waals surface area contributed by atoms with E-state index >= 15 is 0 Å². The smallest absolute Gasteiger partial charge is 0.408 e. The predicted molar refractivity (Wildman–Crippen MR) is 60.0 cm³/mol. The van der Waals surface area contributed by atoms with Gasteiger partial charge in [-0.3, -0.25) is 4.79 Å². The van der Waals surface area contributed by atoms with Gasteiger partial charge in [-0.25, -0.2) is 4.79 Å². The monoisotopic (exact) mass is 228 g/mol. The standard InChI is InChI=1S/C11H20N2O3/c1-7-5-6-8(9(14)12-7)13-10(15)16-11(2,3)4/h7-8H,5-6H2,1-4H3,(H,12,14)(H,13,15)/t7-,8-/m0/s1. The molecule has 0 aromatic heterocycles. The molecule has 0 bridgehead atoms. The Morgan fingerprint density at radius 1 is 1.44 bits per heavy atom. The molecule has 1 fully saturated rings. The number of carbonyl (C=O) groups excluding carboxylic acids is 2. The third-order valence-electron chi connectivity index (χ3n) is 2.28. The molecule has 1 heterocycles. The molecule has 0 aliphatic carbocycles. The van der Waals surface area contributed by atoms with Gasteiger partial charge in [0, 0.05) is 6.04 Å². The van der Waals surface area contributed by atoms with Crippen molar-refractivity contribution in [1.29, 1.82) is 0 Å². The average Bonchev–Trinajstić information content (AvgIpc) is 2.06. The van der Waals surface area contributed by atoms with Crippen LogP contribution >= 0.6 is 0 Å². The number of alkyl carbamates (subject to hydrolysis) is 1. The summed E-state index contributed by atoms with van der Waals surface area (Å²) in [7, 11) is 0. The summed E-state index contributed by atoms with van der Waals surface area (Å²) >= 11 is 0. The van der Waals surface area contributed by atoms with Gasteiger partial charge in [0.1, 0.15) is 11.6 Å². The largest absolute Gasteiger partial charge is 0.444 e. The van der Waals surface area contributed by atoms with Crippen LogP contribution in [-0.2, 0) is 9.53 Å². The second-order valence-electron chi connectivity index (χ2n) is 5.19. The van der Waals surface area contributed by atoms with Crippen LogP contribution in [0.3, 0.4) is 0 Å². The van der Waals surface area contributed by atoms with Crippen molar-refractivity contribution in [2.24, 2.45) is 0 Å². The molecule has 1 saturated heterocycles. The first kappa shape index (κ1) is 12.8. The Morgan fingerprint density at radius 3 is 2.56 bits per heavy atom. The molecule has 2 amide bonds. The molecule has 0 unspecified atom stereocenters. The lowest BCUT2D eigenvalue weighted by Crippen LogP contribution is -2.53. The Labute approximate surface area is 95.9 Å². The maximum atomic E-state index is 11.5. The second kappa shape index (κ2) is 4.72. The van der Waals surface area contributed by atoms with Gasteiger partial charge in [-0.2, -0.15) is 0 Å². The van der Waals surface area contributed by atoms with E-state index in [1.54, 1.807) is 20.8 Å². The molecule has 92 valence electrons. The van der Waals surface area contributed by atoms with Gasteiger partial charge < -0.3 is 15.4 Å². The van der Waals surface area contributed by atoms with E-state index in [0.29, 0.717) is 6.42 Å². The minimum Gasteiger partial charge on any atom is -0.444 e. The summed E-state index contributed by atoms with van der Waals surface area (Å²) in [5, 5.41) is 5.36. The van der Waals surface area contributed by atoms with E-state index in [1.165, 1.54) is 0 Å². The highest BCUT2D eigenvalue weighted by Crippen LogP contribution is 2.11. The molecule has 2 N–H and O–H groups in total. The van der Waals surface area contributed by atoms with Crippen molar-refractivity contribution in [3.8, 4) is 0 Å². The third kappa shape index (κ3) is 4.08. The topological polar surface area (TPSA) is 67.4 Å². The van der Waals surface area contributed by atoms with Crippen LogP contribution in [0.25, 0.3) is 0 Å². The Kier molecular flexibility index (Phi) is 3.78. The van der Waals surface area contributed by atoms with Gasteiger partial charge >= 0.3 is 6.09 Å². The van der Waals surface area contributed by atoms with E-state index in [9.17, 15) is 9.59 Å². The normalized spacial score (nSPS) is 25.9. The number of nitrogens with one attached hydrogen (secondary N) is 2. The molecule has 0 aromatic rings. The van der Waals surface area contributed by atoms with Gasteiger partial charge in [-0.05, 0) is 40.5 Å². The molecule has 2 atom stereocenters. The van der Waals surface area contributed by atoms with E-state index in [4.69, 9.17) is 4.74 Å². The minimum atomic E-state index is -0.540. The van der Waals surface area contributed by atoms with Crippen LogP contribution in [0, 0.1) is 0 Å². The fraction of sp³-hybridized carbons (Fsp3) is 0.818. The summed E-state index contributed by atoms with van der Waals surface area (Å²) in [6, 6.07) is -0.282. The Balaban J connectivity index is 2.43. The quantitative estimate of drug-likeness (QED) is 0.708. The Hall–Kier alpha value is -1.26. The summed E-state index contributed by atoms with van der Waals surface area (Å²) in [6.45, 7) is 7.31. The molecular formula is C11H20N2O3. The third-order valence-corrected chi connectivity index (χ3v) is 2.28. The molecule has 1 aliphatic heterocycles. The van der Waals surface area contributed by atoms with E-state index in [1.807, 2.05) is 6.92 Å². The van der Waals surface area contributed by atoms with Gasteiger partial charge in [0.05, 0.1) is 0 Å². The molecule has 0 saturated carbocycles. The average molecular weight is 228 g/mol. The molecule has 5 nitrogen and oxygen atoms in total. The summed E-state index contributed by atoms with van der Waals surface area (Å²) in [5.41, 5.74) is -0.539. The maximum Gasteiger partial charge on any atom is 0.408 e. The summed E-state index contributed by atoms with van der Waals surface area (Å²) in [6.07, 6.45) is 0.987. The first-order chi connectivity index (χ1) is 7.28. The van der Waals surface area contributed by atoms with Crippen molar-refractivity contribution in [3.05, 3.63) is 0 Å². The molecule has 1 aliphatic rings. The van der Waals surface area contributed by atoms with E-state index in [-0.39, 0.29) is 11.9 Å². The fourth-order valence-electron chi connectivity index (χ4n) is 1.55. The molecule has 0 radical (unpaired) electrons. The van der Waals surface area contributed by atoms with Gasteiger partial charge in [0.25, 0.3) is 0 Å². The van der Waals surface area contributed by atoms with Crippen LogP contribution < -0.4 is 10.6 Å². The van der Waals surface area contributed by atoms with Gasteiger partial charge in [-0.15, -0.1) is 0 Å². The lowest BCUT2D eigenvalue weighted by molar-refractivity contribution is -0.125. The van der Waals surface area contributed by atoms with Crippen molar-refractivity contribution in [3.63, 3.8) is 0 Å². The number of hydrogen-bond donors (Lipinski definition) is 2. The maximum absolute atomic E-state index is 11.5. The SMILES string of the molecule is C[C@H]1CC[C@H](NC(=O)OC(C)(C)C)C(=O)N1. The molecule has 16 heavy (non-hydrogen) atoms. The molecular weight excluding hydrogens is 208 g/mol. The summed E-state index contributed by atoms with van der Waals surface area (Å²) in [4.78, 5) is 23.0. The zero-order chi connectivity index (χ0) is 12.3. The first-order valence-electron chi connectivity index (χ1n) is 5.58. The highest BCUT2D eigenvalue weighted by Gasteiger charge is 2.28. The zero-order valence-corrected chi connectivity index (χ0v) is 10.3. The van der Waals surface area contributed by atoms with Crippen LogP contribution in [0.5, 0.6) is 0 Å². The molecule has 0 spiro atoms. The van der Waals surface area contributed by atoms with Gasteiger partial charge in [-0.1, -0.05) is 0 Å². The van der Waals surface area contributed by atoms with E-state index < -0.39 is 17.7 Å². The van der Waals surface area contributed by atoms with E-state index in [0.717, 1.165) is 6.42 Å². The molecule has 0 aromatic carbocycles. The highest BCUT2D eigenvalue weighted by atomic mass is 16.6. The lowest BCUT2D eigenvalue weighted by Gasteiger charge is -2.28. The number of amides is 2. The number of rotatable bonds is 1.